The molecule has 1 aliphatic carbocycles. The van der Waals surface area contributed by atoms with Gasteiger partial charge in [0, 0.05) is 5.92 Å². The van der Waals surface area contributed by atoms with E-state index in [9.17, 15) is 0 Å². The van der Waals surface area contributed by atoms with Crippen molar-refractivity contribution in [2.45, 2.75) is 39.5 Å². The Kier molecular flexibility index (Phi) is 3.95. The van der Waals surface area contributed by atoms with E-state index < -0.39 is 0 Å². The predicted molar refractivity (Wildman–Crippen MR) is 59.6 cm³/mol. The molecule has 0 spiro atoms. The molecule has 0 aromatic heterocycles. The second-order valence-corrected chi connectivity index (χ2v) is 4.41. The van der Waals surface area contributed by atoms with Crippen LogP contribution in [0, 0.1) is 23.2 Å². The van der Waals surface area contributed by atoms with Crippen molar-refractivity contribution in [3.8, 4) is 6.07 Å². The van der Waals surface area contributed by atoms with Gasteiger partial charge >= 0.3 is 0 Å². The number of nitriles is 1. The minimum absolute atomic E-state index is 0.169. The fourth-order valence-electron chi connectivity index (χ4n) is 1.96. The molecular weight excluding hydrogens is 170 g/mol. The average Bonchev–Trinajstić information content (AvgIpc) is 2.18. The molecule has 1 heteroatoms. The fraction of sp³-hybridized carbons (Fsp3) is 0.615. The van der Waals surface area contributed by atoms with Crippen molar-refractivity contribution in [3.63, 3.8) is 0 Å². The van der Waals surface area contributed by atoms with Crippen LogP contribution in [0.1, 0.15) is 39.5 Å². The van der Waals surface area contributed by atoms with Crippen LogP contribution in [0.15, 0.2) is 23.8 Å². The van der Waals surface area contributed by atoms with Crippen LogP contribution in [0.2, 0.25) is 0 Å². The van der Waals surface area contributed by atoms with Crippen LogP contribution in [0.3, 0.4) is 0 Å². The molecule has 2 atom stereocenters. The van der Waals surface area contributed by atoms with Crippen LogP contribution in [-0.4, -0.2) is 0 Å². The van der Waals surface area contributed by atoms with Gasteiger partial charge < -0.3 is 0 Å². The first kappa shape index (κ1) is 11.0. The standard InChI is InChI=1S/C13H19N/c1-10(2)13-6-4-12(5-7-13)8-11(3)9-14/h4,11,13H,1,5-8H2,2-3H3. The molecule has 2 unspecified atom stereocenters. The molecule has 0 radical (unpaired) electrons. The van der Waals surface area contributed by atoms with Gasteiger partial charge in [-0.05, 0) is 45.4 Å². The Hall–Kier alpha value is -1.03. The molecule has 0 aromatic carbocycles. The largest absolute Gasteiger partial charge is 0.198 e. The summed E-state index contributed by atoms with van der Waals surface area (Å²) in [7, 11) is 0. The van der Waals surface area contributed by atoms with Crippen molar-refractivity contribution < 1.29 is 0 Å². The lowest BCUT2D eigenvalue weighted by atomic mass is 9.83. The molecular formula is C13H19N. The van der Waals surface area contributed by atoms with E-state index in [0.29, 0.717) is 5.92 Å². The summed E-state index contributed by atoms with van der Waals surface area (Å²) in [5.41, 5.74) is 2.77. The highest BCUT2D eigenvalue weighted by atomic mass is 14.3. The van der Waals surface area contributed by atoms with Gasteiger partial charge in [-0.3, -0.25) is 0 Å². The van der Waals surface area contributed by atoms with Gasteiger partial charge in [0.2, 0.25) is 0 Å². The molecule has 1 rings (SSSR count). The zero-order chi connectivity index (χ0) is 10.6. The summed E-state index contributed by atoms with van der Waals surface area (Å²) in [5.74, 6) is 0.846. The highest BCUT2D eigenvalue weighted by Gasteiger charge is 2.15. The zero-order valence-corrected chi connectivity index (χ0v) is 9.21. The maximum absolute atomic E-state index is 8.71. The molecule has 0 aromatic rings. The normalized spacial score (nSPS) is 23.5. The zero-order valence-electron chi connectivity index (χ0n) is 9.21. The van der Waals surface area contributed by atoms with E-state index in [-0.39, 0.29) is 5.92 Å². The lowest BCUT2D eigenvalue weighted by molar-refractivity contribution is 0.521. The van der Waals surface area contributed by atoms with Crippen LogP contribution < -0.4 is 0 Å². The van der Waals surface area contributed by atoms with Crippen molar-refractivity contribution >= 4 is 0 Å². The first-order valence-corrected chi connectivity index (χ1v) is 5.36. The van der Waals surface area contributed by atoms with Gasteiger partial charge in [-0.25, -0.2) is 0 Å². The number of rotatable bonds is 3. The molecule has 0 fully saturated rings. The molecule has 0 N–H and O–H groups in total. The Balaban J connectivity index is 2.46. The van der Waals surface area contributed by atoms with Gasteiger partial charge in [0.25, 0.3) is 0 Å². The van der Waals surface area contributed by atoms with E-state index >= 15 is 0 Å². The van der Waals surface area contributed by atoms with Gasteiger partial charge in [0.05, 0.1) is 6.07 Å². The van der Waals surface area contributed by atoms with Crippen LogP contribution in [-0.2, 0) is 0 Å². The summed E-state index contributed by atoms with van der Waals surface area (Å²) >= 11 is 0. The second-order valence-electron chi connectivity index (χ2n) is 4.41. The van der Waals surface area contributed by atoms with Crippen LogP contribution in [0.5, 0.6) is 0 Å². The Morgan fingerprint density at radius 1 is 1.79 bits per heavy atom. The molecule has 0 bridgehead atoms. The molecule has 0 saturated carbocycles. The molecule has 0 amide bonds. The molecule has 0 aliphatic heterocycles. The van der Waals surface area contributed by atoms with Gasteiger partial charge in [-0.2, -0.15) is 5.26 Å². The lowest BCUT2D eigenvalue weighted by Gasteiger charge is -2.22. The van der Waals surface area contributed by atoms with Crippen molar-refractivity contribution in [2.24, 2.45) is 11.8 Å². The Labute approximate surface area is 87.1 Å². The maximum Gasteiger partial charge on any atom is 0.0656 e. The third kappa shape index (κ3) is 3.03. The average molecular weight is 189 g/mol. The second kappa shape index (κ2) is 5.00. The molecule has 76 valence electrons. The number of hydrogen-bond donors (Lipinski definition) is 0. The van der Waals surface area contributed by atoms with Crippen molar-refractivity contribution in [3.05, 3.63) is 23.8 Å². The minimum atomic E-state index is 0.169. The summed E-state index contributed by atoms with van der Waals surface area (Å²) in [6.07, 6.45) is 6.78. The molecule has 0 saturated heterocycles. The van der Waals surface area contributed by atoms with Gasteiger partial charge in [-0.1, -0.05) is 23.8 Å². The van der Waals surface area contributed by atoms with Crippen LogP contribution >= 0.6 is 0 Å². The Morgan fingerprint density at radius 3 is 2.93 bits per heavy atom. The number of hydrogen-bond acceptors (Lipinski definition) is 1. The molecule has 14 heavy (non-hydrogen) atoms. The smallest absolute Gasteiger partial charge is 0.0656 e. The number of allylic oxidation sites excluding steroid dienone is 3. The van der Waals surface area contributed by atoms with Crippen LogP contribution in [0.25, 0.3) is 0 Å². The van der Waals surface area contributed by atoms with E-state index in [1.165, 1.54) is 17.6 Å². The Bertz CT molecular complexity index is 280. The number of nitrogens with zero attached hydrogens (tertiary/aromatic N) is 1. The quantitative estimate of drug-likeness (QED) is 0.619. The van der Waals surface area contributed by atoms with Crippen molar-refractivity contribution in [2.75, 3.05) is 0 Å². The molecule has 0 heterocycles. The van der Waals surface area contributed by atoms with Gasteiger partial charge in [-0.15, -0.1) is 0 Å². The first-order chi connectivity index (χ1) is 6.63. The topological polar surface area (TPSA) is 23.8 Å². The lowest BCUT2D eigenvalue weighted by Crippen LogP contribution is -2.07. The SMILES string of the molecule is C=C(C)C1CC=C(CC(C)C#N)CC1. The monoisotopic (exact) mass is 189 g/mol. The van der Waals surface area contributed by atoms with Gasteiger partial charge in [0.1, 0.15) is 0 Å². The summed E-state index contributed by atoms with van der Waals surface area (Å²) in [5, 5.41) is 8.71. The molecule has 1 nitrogen and oxygen atoms in total. The molecule has 1 aliphatic rings. The third-order valence-corrected chi connectivity index (χ3v) is 2.99. The summed E-state index contributed by atoms with van der Waals surface area (Å²) in [6.45, 7) is 8.10. The van der Waals surface area contributed by atoms with E-state index in [0.717, 1.165) is 19.3 Å². The minimum Gasteiger partial charge on any atom is -0.198 e. The highest BCUT2D eigenvalue weighted by Crippen LogP contribution is 2.30. The maximum atomic E-state index is 8.71. The Morgan fingerprint density at radius 2 is 2.50 bits per heavy atom. The van der Waals surface area contributed by atoms with E-state index in [1.807, 2.05) is 6.92 Å². The van der Waals surface area contributed by atoms with E-state index in [4.69, 9.17) is 5.26 Å². The predicted octanol–water partition coefficient (Wildman–Crippen LogP) is 3.84. The third-order valence-electron chi connectivity index (χ3n) is 2.99. The summed E-state index contributed by atoms with van der Waals surface area (Å²) in [6, 6.07) is 2.29. The summed E-state index contributed by atoms with van der Waals surface area (Å²) in [4.78, 5) is 0. The van der Waals surface area contributed by atoms with Crippen LogP contribution in [0.4, 0.5) is 0 Å². The summed E-state index contributed by atoms with van der Waals surface area (Å²) < 4.78 is 0. The van der Waals surface area contributed by atoms with Crippen molar-refractivity contribution in [1.82, 2.24) is 0 Å². The van der Waals surface area contributed by atoms with E-state index in [1.54, 1.807) is 0 Å². The van der Waals surface area contributed by atoms with Gasteiger partial charge in [0.15, 0.2) is 0 Å². The van der Waals surface area contributed by atoms with Crippen molar-refractivity contribution in [1.29, 1.82) is 5.26 Å². The fourth-order valence-corrected chi connectivity index (χ4v) is 1.96. The first-order valence-electron chi connectivity index (χ1n) is 5.36. The van der Waals surface area contributed by atoms with E-state index in [2.05, 4.69) is 25.6 Å². The highest BCUT2D eigenvalue weighted by molar-refractivity contribution is 5.13.